The summed E-state index contributed by atoms with van der Waals surface area (Å²) in [4.78, 5) is 24.3. The third kappa shape index (κ3) is 4.64. The van der Waals surface area contributed by atoms with Crippen molar-refractivity contribution in [1.82, 2.24) is 5.32 Å². The molecule has 0 bridgehead atoms. The first-order chi connectivity index (χ1) is 11.2. The van der Waals surface area contributed by atoms with Crippen molar-refractivity contribution in [2.24, 2.45) is 0 Å². The minimum absolute atomic E-state index is 0.0290. The highest BCUT2D eigenvalue weighted by Crippen LogP contribution is 2.24. The molecule has 0 fully saturated rings. The Bertz CT molecular complexity index is 665. The largest absolute Gasteiger partial charge is 0.396 e. The van der Waals surface area contributed by atoms with Gasteiger partial charge in [-0.25, -0.2) is 0 Å². The molecule has 3 N–H and O–H groups in total. The van der Waals surface area contributed by atoms with Crippen LogP contribution in [-0.2, 0) is 6.42 Å². The maximum Gasteiger partial charge on any atom is 0.256 e. The molecule has 1 aromatic heterocycles. The van der Waals surface area contributed by atoms with E-state index in [9.17, 15) is 9.59 Å². The number of anilines is 1. The van der Waals surface area contributed by atoms with Gasteiger partial charge < -0.3 is 15.7 Å². The summed E-state index contributed by atoms with van der Waals surface area (Å²) in [6, 6.07) is 9.08. The SMILES string of the molecule is CCc1ccc(C(=O)Nc2sccc2C(=O)NCCCO)cc1. The van der Waals surface area contributed by atoms with Crippen LogP contribution in [0.4, 0.5) is 5.00 Å². The summed E-state index contributed by atoms with van der Waals surface area (Å²) < 4.78 is 0. The number of carbonyl (C=O) groups excluding carboxylic acids is 2. The normalized spacial score (nSPS) is 10.3. The zero-order valence-corrected chi connectivity index (χ0v) is 13.8. The van der Waals surface area contributed by atoms with Gasteiger partial charge in [0.25, 0.3) is 11.8 Å². The van der Waals surface area contributed by atoms with E-state index in [1.807, 2.05) is 12.1 Å². The van der Waals surface area contributed by atoms with Gasteiger partial charge in [0.15, 0.2) is 0 Å². The predicted molar refractivity (Wildman–Crippen MR) is 92.1 cm³/mol. The molecular formula is C17H20N2O3S. The van der Waals surface area contributed by atoms with E-state index in [1.54, 1.807) is 23.6 Å². The van der Waals surface area contributed by atoms with Gasteiger partial charge in [-0.15, -0.1) is 11.3 Å². The van der Waals surface area contributed by atoms with Crippen LogP contribution in [0.5, 0.6) is 0 Å². The monoisotopic (exact) mass is 332 g/mol. The second-order valence-electron chi connectivity index (χ2n) is 5.00. The van der Waals surface area contributed by atoms with E-state index in [2.05, 4.69) is 17.6 Å². The molecule has 122 valence electrons. The molecule has 1 heterocycles. The highest BCUT2D eigenvalue weighted by atomic mass is 32.1. The third-order valence-electron chi connectivity index (χ3n) is 3.38. The topological polar surface area (TPSA) is 78.4 Å². The van der Waals surface area contributed by atoms with Gasteiger partial charge in [-0.1, -0.05) is 19.1 Å². The molecule has 0 spiro atoms. The number of rotatable bonds is 7. The molecule has 0 radical (unpaired) electrons. The number of hydrogen-bond donors (Lipinski definition) is 3. The Labute approximate surface area is 139 Å². The lowest BCUT2D eigenvalue weighted by Gasteiger charge is -2.07. The van der Waals surface area contributed by atoms with E-state index < -0.39 is 0 Å². The lowest BCUT2D eigenvalue weighted by molar-refractivity contribution is 0.0952. The Morgan fingerprint density at radius 2 is 1.87 bits per heavy atom. The van der Waals surface area contributed by atoms with Crippen LogP contribution in [0.25, 0.3) is 0 Å². The maximum atomic E-state index is 12.3. The van der Waals surface area contributed by atoms with Crippen LogP contribution >= 0.6 is 11.3 Å². The minimum atomic E-state index is -0.253. The number of aliphatic hydroxyl groups excluding tert-OH is 1. The second-order valence-corrected chi connectivity index (χ2v) is 5.92. The summed E-state index contributed by atoms with van der Waals surface area (Å²) in [6.07, 6.45) is 1.42. The first-order valence-electron chi connectivity index (χ1n) is 7.52. The molecule has 2 amide bonds. The minimum Gasteiger partial charge on any atom is -0.396 e. The van der Waals surface area contributed by atoms with E-state index in [4.69, 9.17) is 5.11 Å². The van der Waals surface area contributed by atoms with Gasteiger partial charge in [0.2, 0.25) is 0 Å². The van der Waals surface area contributed by atoms with E-state index >= 15 is 0 Å². The highest BCUT2D eigenvalue weighted by molar-refractivity contribution is 7.14. The number of carbonyl (C=O) groups is 2. The molecule has 0 aliphatic rings. The third-order valence-corrected chi connectivity index (χ3v) is 4.21. The van der Waals surface area contributed by atoms with Gasteiger partial charge in [0.05, 0.1) is 5.56 Å². The molecule has 2 aromatic rings. The number of benzene rings is 1. The summed E-state index contributed by atoms with van der Waals surface area (Å²) >= 11 is 1.31. The molecule has 2 rings (SSSR count). The summed E-state index contributed by atoms with van der Waals surface area (Å²) in [6.45, 7) is 2.49. The average Bonchev–Trinajstić information content (AvgIpc) is 3.03. The Kier molecular flexibility index (Phi) is 6.31. The van der Waals surface area contributed by atoms with Crippen LogP contribution in [0.3, 0.4) is 0 Å². The Hall–Kier alpha value is -2.18. The molecule has 0 unspecified atom stereocenters. The van der Waals surface area contributed by atoms with Gasteiger partial charge in [-0.05, 0) is 42.0 Å². The van der Waals surface area contributed by atoms with Gasteiger partial charge in [0, 0.05) is 18.7 Å². The quantitative estimate of drug-likeness (QED) is 0.682. The Morgan fingerprint density at radius 1 is 1.13 bits per heavy atom. The molecule has 0 saturated carbocycles. The number of nitrogens with one attached hydrogen (secondary N) is 2. The van der Waals surface area contributed by atoms with Crippen molar-refractivity contribution in [3.8, 4) is 0 Å². The molecule has 0 aliphatic carbocycles. The smallest absolute Gasteiger partial charge is 0.256 e. The molecule has 1 aromatic carbocycles. The van der Waals surface area contributed by atoms with E-state index in [0.717, 1.165) is 6.42 Å². The lowest BCUT2D eigenvalue weighted by atomic mass is 10.1. The van der Waals surface area contributed by atoms with Crippen LogP contribution in [0.15, 0.2) is 35.7 Å². The van der Waals surface area contributed by atoms with Gasteiger partial charge in [-0.3, -0.25) is 9.59 Å². The molecule has 0 aliphatic heterocycles. The van der Waals surface area contributed by atoms with Crippen molar-refractivity contribution in [1.29, 1.82) is 0 Å². The van der Waals surface area contributed by atoms with Crippen molar-refractivity contribution < 1.29 is 14.7 Å². The zero-order valence-electron chi connectivity index (χ0n) is 13.0. The number of aliphatic hydroxyl groups is 1. The van der Waals surface area contributed by atoms with Crippen molar-refractivity contribution in [2.75, 3.05) is 18.5 Å². The fourth-order valence-electron chi connectivity index (χ4n) is 2.03. The van der Waals surface area contributed by atoms with Crippen LogP contribution in [-0.4, -0.2) is 30.1 Å². The average molecular weight is 332 g/mol. The Morgan fingerprint density at radius 3 is 2.52 bits per heavy atom. The van der Waals surface area contributed by atoms with E-state index in [0.29, 0.717) is 29.1 Å². The number of aryl methyl sites for hydroxylation is 1. The second kappa shape index (κ2) is 8.45. The zero-order chi connectivity index (χ0) is 16.7. The predicted octanol–water partition coefficient (Wildman–Crippen LogP) is 2.68. The van der Waals surface area contributed by atoms with E-state index in [1.165, 1.54) is 16.9 Å². The molecule has 23 heavy (non-hydrogen) atoms. The van der Waals surface area contributed by atoms with Crippen LogP contribution < -0.4 is 10.6 Å². The molecular weight excluding hydrogens is 312 g/mol. The summed E-state index contributed by atoms with van der Waals surface area (Å²) in [7, 11) is 0. The first-order valence-corrected chi connectivity index (χ1v) is 8.40. The Balaban J connectivity index is 2.03. The molecule has 6 heteroatoms. The maximum absolute atomic E-state index is 12.3. The van der Waals surface area contributed by atoms with Crippen molar-refractivity contribution >= 4 is 28.2 Å². The number of hydrogen-bond acceptors (Lipinski definition) is 4. The lowest BCUT2D eigenvalue weighted by Crippen LogP contribution is -2.25. The highest BCUT2D eigenvalue weighted by Gasteiger charge is 2.15. The number of amides is 2. The summed E-state index contributed by atoms with van der Waals surface area (Å²) in [5.41, 5.74) is 2.16. The summed E-state index contributed by atoms with van der Waals surface area (Å²) in [5, 5.41) is 16.5. The fraction of sp³-hybridized carbons (Fsp3) is 0.294. The van der Waals surface area contributed by atoms with E-state index in [-0.39, 0.29) is 18.4 Å². The summed E-state index contributed by atoms with van der Waals surface area (Å²) in [5.74, 6) is -0.490. The van der Waals surface area contributed by atoms with Crippen molar-refractivity contribution in [3.05, 3.63) is 52.4 Å². The molecule has 0 saturated heterocycles. The van der Waals surface area contributed by atoms with Gasteiger partial charge in [-0.2, -0.15) is 0 Å². The number of thiophene rings is 1. The van der Waals surface area contributed by atoms with Gasteiger partial charge in [0.1, 0.15) is 5.00 Å². The van der Waals surface area contributed by atoms with Crippen LogP contribution in [0.2, 0.25) is 0 Å². The standard InChI is InChI=1S/C17H20N2O3S/c1-2-12-4-6-13(7-5-12)15(21)19-17-14(8-11-23-17)16(22)18-9-3-10-20/h4-8,11,20H,2-3,9-10H2,1H3,(H,18,22)(H,19,21). The van der Waals surface area contributed by atoms with Crippen molar-refractivity contribution in [3.63, 3.8) is 0 Å². The molecule has 0 atom stereocenters. The van der Waals surface area contributed by atoms with Crippen molar-refractivity contribution in [2.45, 2.75) is 19.8 Å². The fourth-order valence-corrected chi connectivity index (χ4v) is 2.81. The van der Waals surface area contributed by atoms with Crippen LogP contribution in [0, 0.1) is 0 Å². The first kappa shape index (κ1) is 17.2. The molecule has 5 nitrogen and oxygen atoms in total. The van der Waals surface area contributed by atoms with Gasteiger partial charge >= 0.3 is 0 Å². The van der Waals surface area contributed by atoms with Crippen LogP contribution in [0.1, 0.15) is 39.6 Å².